The quantitative estimate of drug-likeness (QED) is 0.426. The second-order valence-electron chi connectivity index (χ2n) is 6.33. The van der Waals surface area contributed by atoms with Gasteiger partial charge in [-0.3, -0.25) is 4.79 Å². The summed E-state index contributed by atoms with van der Waals surface area (Å²) < 4.78 is 5.02. The molecule has 0 saturated carbocycles. The lowest BCUT2D eigenvalue weighted by Crippen LogP contribution is -2.27. The highest BCUT2D eigenvalue weighted by atomic mass is 35.5. The minimum absolute atomic E-state index is 0.0688. The smallest absolute Gasteiger partial charge is 0.331 e. The summed E-state index contributed by atoms with van der Waals surface area (Å²) >= 11 is 5.82. The molecule has 7 heteroatoms. The Morgan fingerprint density at radius 1 is 1.07 bits per heavy atom. The lowest BCUT2D eigenvalue weighted by molar-refractivity contribution is -0.141. The fourth-order valence-corrected chi connectivity index (χ4v) is 3.18. The van der Waals surface area contributed by atoms with Gasteiger partial charge in [-0.1, -0.05) is 35.9 Å². The molecule has 0 spiro atoms. The third-order valence-corrected chi connectivity index (χ3v) is 4.73. The van der Waals surface area contributed by atoms with Gasteiger partial charge < -0.3 is 14.5 Å². The number of ketones is 1. The SMILES string of the molecule is CN1C(=C(C#N)C(=O)COC(=O)C=Cc2ccc(Cl)cc2)N(C)c2ccccc21. The largest absolute Gasteiger partial charge is 0.454 e. The number of Topliss-reactive ketones (excluding diaryl/α,β-unsaturated/α-hetero) is 1. The number of hydrogen-bond acceptors (Lipinski definition) is 6. The van der Waals surface area contributed by atoms with E-state index >= 15 is 0 Å². The van der Waals surface area contributed by atoms with Gasteiger partial charge in [0.25, 0.3) is 0 Å². The van der Waals surface area contributed by atoms with Crippen LogP contribution in [0.5, 0.6) is 0 Å². The molecule has 0 atom stereocenters. The number of para-hydroxylation sites is 2. The van der Waals surface area contributed by atoms with Crippen molar-refractivity contribution in [3.8, 4) is 6.07 Å². The number of anilines is 2. The summed E-state index contributed by atoms with van der Waals surface area (Å²) in [6.45, 7) is -0.520. The topological polar surface area (TPSA) is 73.6 Å². The molecule has 1 heterocycles. The van der Waals surface area contributed by atoms with Crippen LogP contribution in [0.2, 0.25) is 5.02 Å². The number of fused-ring (bicyclic) bond motifs is 1. The maximum absolute atomic E-state index is 12.6. The van der Waals surface area contributed by atoms with Crippen molar-refractivity contribution in [1.29, 1.82) is 5.26 Å². The Bertz CT molecular complexity index is 1020. The van der Waals surface area contributed by atoms with E-state index in [-0.39, 0.29) is 5.57 Å². The highest BCUT2D eigenvalue weighted by Crippen LogP contribution is 2.40. The zero-order valence-corrected chi connectivity index (χ0v) is 16.7. The van der Waals surface area contributed by atoms with Crippen molar-refractivity contribution in [2.75, 3.05) is 30.5 Å². The number of carbonyl (C=O) groups excluding carboxylic acids is 2. The zero-order chi connectivity index (χ0) is 21.0. The lowest BCUT2D eigenvalue weighted by atomic mass is 10.2. The molecule has 0 bridgehead atoms. The fraction of sp³-hybridized carbons (Fsp3) is 0.136. The van der Waals surface area contributed by atoms with Gasteiger partial charge in [0.15, 0.2) is 6.61 Å². The van der Waals surface area contributed by atoms with Crippen molar-refractivity contribution in [1.82, 2.24) is 0 Å². The number of nitriles is 1. The molecule has 0 saturated heterocycles. The predicted octanol–water partition coefficient (Wildman–Crippen LogP) is 3.79. The Morgan fingerprint density at radius 3 is 2.21 bits per heavy atom. The molecule has 2 aromatic carbocycles. The fourth-order valence-electron chi connectivity index (χ4n) is 3.05. The Balaban J connectivity index is 1.69. The molecule has 6 nitrogen and oxygen atoms in total. The maximum Gasteiger partial charge on any atom is 0.331 e. The molecule has 0 aliphatic carbocycles. The van der Waals surface area contributed by atoms with Crippen molar-refractivity contribution in [3.63, 3.8) is 0 Å². The van der Waals surface area contributed by atoms with Crippen LogP contribution in [0.1, 0.15) is 5.56 Å². The van der Waals surface area contributed by atoms with Crippen LogP contribution in [0, 0.1) is 11.3 Å². The third-order valence-electron chi connectivity index (χ3n) is 4.48. The summed E-state index contributed by atoms with van der Waals surface area (Å²) in [6, 6.07) is 16.4. The Hall–Kier alpha value is -3.56. The summed E-state index contributed by atoms with van der Waals surface area (Å²) in [5, 5.41) is 10.2. The number of halogens is 1. The van der Waals surface area contributed by atoms with Gasteiger partial charge in [0.05, 0.1) is 11.4 Å². The lowest BCUT2D eigenvalue weighted by Gasteiger charge is -2.19. The predicted molar refractivity (Wildman–Crippen MR) is 112 cm³/mol. The first-order valence-electron chi connectivity index (χ1n) is 8.77. The first kappa shape index (κ1) is 20.2. The van der Waals surface area contributed by atoms with Gasteiger partial charge in [0.2, 0.25) is 5.78 Å². The molecule has 0 N–H and O–H groups in total. The number of nitrogens with zero attached hydrogens (tertiary/aromatic N) is 3. The Kier molecular flexibility index (Phi) is 6.01. The van der Waals surface area contributed by atoms with E-state index in [9.17, 15) is 14.9 Å². The zero-order valence-electron chi connectivity index (χ0n) is 15.9. The third kappa shape index (κ3) is 4.31. The molecule has 1 aliphatic rings. The minimum Gasteiger partial charge on any atom is -0.454 e. The molecule has 146 valence electrons. The van der Waals surface area contributed by atoms with Gasteiger partial charge in [-0.2, -0.15) is 5.26 Å². The first-order valence-corrected chi connectivity index (χ1v) is 9.14. The van der Waals surface area contributed by atoms with Gasteiger partial charge in [0, 0.05) is 25.2 Å². The molecule has 2 aromatic rings. The normalized spacial score (nSPS) is 12.7. The van der Waals surface area contributed by atoms with E-state index < -0.39 is 18.4 Å². The van der Waals surface area contributed by atoms with Gasteiger partial charge in [-0.25, -0.2) is 4.79 Å². The van der Waals surface area contributed by atoms with Crippen molar-refractivity contribution in [2.45, 2.75) is 0 Å². The summed E-state index contributed by atoms with van der Waals surface area (Å²) in [6.07, 6.45) is 2.78. The van der Waals surface area contributed by atoms with Crippen LogP contribution in [0.3, 0.4) is 0 Å². The molecule has 0 aromatic heterocycles. The van der Waals surface area contributed by atoms with Crippen LogP contribution in [0.25, 0.3) is 6.08 Å². The van der Waals surface area contributed by atoms with E-state index in [1.807, 2.05) is 30.3 Å². The summed E-state index contributed by atoms with van der Waals surface area (Å²) in [7, 11) is 3.56. The van der Waals surface area contributed by atoms with E-state index in [0.29, 0.717) is 10.8 Å². The van der Waals surface area contributed by atoms with Crippen LogP contribution < -0.4 is 9.80 Å². The highest BCUT2D eigenvalue weighted by Gasteiger charge is 2.31. The molecule has 0 amide bonds. The average molecular weight is 408 g/mol. The number of ether oxygens (including phenoxy) is 1. The molecule has 1 aliphatic heterocycles. The molecule has 0 radical (unpaired) electrons. The Labute approximate surface area is 173 Å². The molecular formula is C22H18ClN3O3. The minimum atomic E-state index is -0.674. The molecule has 3 rings (SSSR count). The van der Waals surface area contributed by atoms with Gasteiger partial charge >= 0.3 is 5.97 Å². The molecule has 0 unspecified atom stereocenters. The number of benzene rings is 2. The van der Waals surface area contributed by atoms with Crippen LogP contribution in [-0.2, 0) is 14.3 Å². The maximum atomic E-state index is 12.6. The number of carbonyl (C=O) groups is 2. The number of hydrogen-bond donors (Lipinski definition) is 0. The van der Waals surface area contributed by atoms with Gasteiger partial charge in [-0.05, 0) is 35.9 Å². The second-order valence-corrected chi connectivity index (χ2v) is 6.77. The summed E-state index contributed by atoms with van der Waals surface area (Å²) in [5.74, 6) is -0.791. The number of esters is 1. The first-order chi connectivity index (χ1) is 13.9. The van der Waals surface area contributed by atoms with Crippen molar-refractivity contribution in [2.24, 2.45) is 0 Å². The summed E-state index contributed by atoms with van der Waals surface area (Å²) in [5.41, 5.74) is 2.46. The number of rotatable bonds is 5. The monoisotopic (exact) mass is 407 g/mol. The van der Waals surface area contributed by atoms with Crippen LogP contribution >= 0.6 is 11.6 Å². The highest BCUT2D eigenvalue weighted by molar-refractivity contribution is 6.30. The molecule has 29 heavy (non-hydrogen) atoms. The van der Waals surface area contributed by atoms with E-state index in [4.69, 9.17) is 16.3 Å². The summed E-state index contributed by atoms with van der Waals surface area (Å²) in [4.78, 5) is 28.0. The Morgan fingerprint density at radius 2 is 1.66 bits per heavy atom. The van der Waals surface area contributed by atoms with Gasteiger partial charge in [0.1, 0.15) is 17.5 Å². The van der Waals surface area contributed by atoms with Crippen LogP contribution in [-0.4, -0.2) is 32.5 Å². The molecular weight excluding hydrogens is 390 g/mol. The van der Waals surface area contributed by atoms with E-state index in [1.165, 1.54) is 6.08 Å². The second kappa shape index (κ2) is 8.63. The average Bonchev–Trinajstić information content (AvgIpc) is 2.98. The standard InChI is InChI=1S/C22H18ClN3O3/c1-25-18-5-3-4-6-19(18)26(2)22(25)17(13-24)20(27)14-29-21(28)12-9-15-7-10-16(23)11-8-15/h3-12H,14H2,1-2H3. The van der Waals surface area contributed by atoms with E-state index in [1.54, 1.807) is 54.2 Å². The van der Waals surface area contributed by atoms with Gasteiger partial charge in [-0.15, -0.1) is 0 Å². The van der Waals surface area contributed by atoms with Crippen molar-refractivity contribution >= 4 is 40.8 Å². The van der Waals surface area contributed by atoms with Crippen molar-refractivity contribution in [3.05, 3.63) is 76.6 Å². The van der Waals surface area contributed by atoms with Crippen molar-refractivity contribution < 1.29 is 14.3 Å². The van der Waals surface area contributed by atoms with E-state index in [0.717, 1.165) is 16.9 Å². The van der Waals surface area contributed by atoms with Crippen LogP contribution in [0.15, 0.2) is 66.0 Å². The molecule has 0 fully saturated rings. The van der Waals surface area contributed by atoms with E-state index in [2.05, 4.69) is 0 Å². The van der Waals surface area contributed by atoms with Crippen LogP contribution in [0.4, 0.5) is 11.4 Å².